The molecule has 0 aliphatic carbocycles. The summed E-state index contributed by atoms with van der Waals surface area (Å²) >= 11 is 0. The number of aldehydes is 1. The maximum Gasteiger partial charge on any atom is 0.150 e. The monoisotopic (exact) mass is 230 g/mol. The average Bonchev–Trinajstić information content (AvgIpc) is 2.76. The zero-order chi connectivity index (χ0) is 12.3. The smallest absolute Gasteiger partial charge is 0.150 e. The van der Waals surface area contributed by atoms with Gasteiger partial charge in [-0.1, -0.05) is 0 Å². The Morgan fingerprint density at radius 1 is 1.29 bits per heavy atom. The first-order valence-electron chi connectivity index (χ1n) is 5.53. The molecule has 0 bridgehead atoms. The Labute approximate surface area is 100 Å². The van der Waals surface area contributed by atoms with Crippen LogP contribution in [0.25, 0.3) is 11.3 Å². The summed E-state index contributed by atoms with van der Waals surface area (Å²) in [5.74, 6) is 2.27. The molecule has 0 saturated heterocycles. The van der Waals surface area contributed by atoms with Crippen molar-refractivity contribution in [2.24, 2.45) is 0 Å². The fourth-order valence-corrected chi connectivity index (χ4v) is 1.67. The van der Waals surface area contributed by atoms with Crippen molar-refractivity contribution in [1.82, 2.24) is 0 Å². The van der Waals surface area contributed by atoms with E-state index < -0.39 is 0 Å². The Morgan fingerprint density at radius 2 is 2.12 bits per heavy atom. The summed E-state index contributed by atoms with van der Waals surface area (Å²) < 4.78 is 10.9. The van der Waals surface area contributed by atoms with E-state index in [0.717, 1.165) is 23.4 Å². The molecular weight excluding hydrogens is 216 g/mol. The van der Waals surface area contributed by atoms with Crippen molar-refractivity contribution in [2.75, 3.05) is 6.61 Å². The highest BCUT2D eigenvalue weighted by molar-refractivity contribution is 5.79. The third kappa shape index (κ3) is 2.56. The number of hydrogen-bond donors (Lipinski definition) is 0. The minimum atomic E-state index is 0.568. The van der Waals surface area contributed by atoms with Crippen LogP contribution in [0, 0.1) is 6.92 Å². The summed E-state index contributed by atoms with van der Waals surface area (Å²) in [6.45, 7) is 4.36. The van der Waals surface area contributed by atoms with Gasteiger partial charge in [0.2, 0.25) is 0 Å². The molecule has 0 aliphatic rings. The Bertz CT molecular complexity index is 526. The lowest BCUT2D eigenvalue weighted by atomic mass is 10.1. The molecule has 1 aromatic heterocycles. The highest BCUT2D eigenvalue weighted by atomic mass is 16.5. The van der Waals surface area contributed by atoms with Gasteiger partial charge in [0.15, 0.2) is 0 Å². The molecule has 0 spiro atoms. The second kappa shape index (κ2) is 4.87. The predicted molar refractivity (Wildman–Crippen MR) is 65.4 cm³/mol. The van der Waals surface area contributed by atoms with E-state index in [0.29, 0.717) is 17.9 Å². The van der Waals surface area contributed by atoms with Crippen LogP contribution in [0.5, 0.6) is 5.75 Å². The minimum Gasteiger partial charge on any atom is -0.494 e. The van der Waals surface area contributed by atoms with E-state index >= 15 is 0 Å². The molecule has 1 heterocycles. The van der Waals surface area contributed by atoms with Crippen molar-refractivity contribution in [3.05, 3.63) is 41.7 Å². The van der Waals surface area contributed by atoms with E-state index in [-0.39, 0.29) is 0 Å². The second-order valence-electron chi connectivity index (χ2n) is 3.75. The summed E-state index contributed by atoms with van der Waals surface area (Å²) in [4.78, 5) is 10.9. The van der Waals surface area contributed by atoms with Crippen molar-refractivity contribution in [1.29, 1.82) is 0 Å². The zero-order valence-corrected chi connectivity index (χ0v) is 9.90. The first kappa shape index (κ1) is 11.5. The average molecular weight is 230 g/mol. The van der Waals surface area contributed by atoms with E-state index in [1.54, 1.807) is 12.1 Å². The number of ether oxygens (including phenoxy) is 1. The summed E-state index contributed by atoms with van der Waals surface area (Å²) in [7, 11) is 0. The van der Waals surface area contributed by atoms with Crippen LogP contribution in [0.1, 0.15) is 23.0 Å². The van der Waals surface area contributed by atoms with Crippen LogP contribution in [0.2, 0.25) is 0 Å². The van der Waals surface area contributed by atoms with Crippen LogP contribution in [-0.4, -0.2) is 12.9 Å². The third-order valence-electron chi connectivity index (χ3n) is 2.40. The molecule has 17 heavy (non-hydrogen) atoms. The maximum atomic E-state index is 10.9. The molecule has 1 aromatic carbocycles. The molecule has 88 valence electrons. The molecule has 0 radical (unpaired) electrons. The lowest BCUT2D eigenvalue weighted by Gasteiger charge is -2.06. The van der Waals surface area contributed by atoms with Crippen molar-refractivity contribution in [2.45, 2.75) is 13.8 Å². The van der Waals surface area contributed by atoms with E-state index in [9.17, 15) is 4.79 Å². The quantitative estimate of drug-likeness (QED) is 0.755. The van der Waals surface area contributed by atoms with Crippen molar-refractivity contribution in [3.8, 4) is 17.1 Å². The molecule has 0 saturated carbocycles. The molecule has 3 nitrogen and oxygen atoms in total. The predicted octanol–water partition coefficient (Wildman–Crippen LogP) is 3.47. The molecule has 0 amide bonds. The lowest BCUT2D eigenvalue weighted by Crippen LogP contribution is -1.93. The first-order chi connectivity index (χ1) is 8.22. The Hall–Kier alpha value is -2.03. The minimum absolute atomic E-state index is 0.568. The topological polar surface area (TPSA) is 39.4 Å². The number of hydrogen-bond acceptors (Lipinski definition) is 3. The lowest BCUT2D eigenvalue weighted by molar-refractivity contribution is 0.112. The Kier molecular flexibility index (Phi) is 3.28. The number of furan rings is 1. The Morgan fingerprint density at radius 3 is 2.71 bits per heavy atom. The van der Waals surface area contributed by atoms with Crippen molar-refractivity contribution >= 4 is 6.29 Å². The second-order valence-corrected chi connectivity index (χ2v) is 3.75. The largest absolute Gasteiger partial charge is 0.494 e. The molecule has 0 fully saturated rings. The van der Waals surface area contributed by atoms with Gasteiger partial charge in [-0.15, -0.1) is 0 Å². The highest BCUT2D eigenvalue weighted by Crippen LogP contribution is 2.27. The molecule has 0 atom stereocenters. The van der Waals surface area contributed by atoms with Gasteiger partial charge in [0.25, 0.3) is 0 Å². The third-order valence-corrected chi connectivity index (χ3v) is 2.40. The highest BCUT2D eigenvalue weighted by Gasteiger charge is 2.06. The van der Waals surface area contributed by atoms with Crippen LogP contribution < -0.4 is 4.74 Å². The van der Waals surface area contributed by atoms with Gasteiger partial charge in [-0.3, -0.25) is 4.79 Å². The SMILES string of the molecule is CCOc1cc(C=O)cc(-c2ccc(C)o2)c1. The summed E-state index contributed by atoms with van der Waals surface area (Å²) in [6.07, 6.45) is 0.807. The van der Waals surface area contributed by atoms with Gasteiger partial charge >= 0.3 is 0 Å². The van der Waals surface area contributed by atoms with Crippen LogP contribution in [-0.2, 0) is 0 Å². The standard InChI is InChI=1S/C14H14O3/c1-3-16-13-7-11(9-15)6-12(8-13)14-5-4-10(2)17-14/h4-9H,3H2,1-2H3. The van der Waals surface area contributed by atoms with Crippen LogP contribution in [0.15, 0.2) is 34.7 Å². The first-order valence-corrected chi connectivity index (χ1v) is 5.53. The van der Waals surface area contributed by atoms with E-state index in [2.05, 4.69) is 0 Å². The molecule has 3 heteroatoms. The van der Waals surface area contributed by atoms with Crippen molar-refractivity contribution < 1.29 is 13.9 Å². The van der Waals surface area contributed by atoms with E-state index in [1.807, 2.05) is 32.0 Å². The molecule has 2 rings (SSSR count). The van der Waals surface area contributed by atoms with Gasteiger partial charge in [-0.05, 0) is 44.2 Å². The Balaban J connectivity index is 2.45. The summed E-state index contributed by atoms with van der Waals surface area (Å²) in [5, 5.41) is 0. The fraction of sp³-hybridized carbons (Fsp3) is 0.214. The number of carbonyl (C=O) groups excluding carboxylic acids is 1. The van der Waals surface area contributed by atoms with Gasteiger partial charge in [0.05, 0.1) is 6.61 Å². The number of carbonyl (C=O) groups is 1. The van der Waals surface area contributed by atoms with Crippen LogP contribution >= 0.6 is 0 Å². The number of benzene rings is 1. The molecule has 0 N–H and O–H groups in total. The van der Waals surface area contributed by atoms with Crippen LogP contribution in [0.3, 0.4) is 0 Å². The molecule has 2 aromatic rings. The molecular formula is C14H14O3. The van der Waals surface area contributed by atoms with E-state index in [4.69, 9.17) is 9.15 Å². The van der Waals surface area contributed by atoms with Gasteiger partial charge in [0, 0.05) is 11.1 Å². The van der Waals surface area contributed by atoms with Gasteiger partial charge in [-0.2, -0.15) is 0 Å². The maximum absolute atomic E-state index is 10.9. The van der Waals surface area contributed by atoms with Crippen molar-refractivity contribution in [3.63, 3.8) is 0 Å². The summed E-state index contributed by atoms with van der Waals surface area (Å²) in [6, 6.07) is 9.15. The van der Waals surface area contributed by atoms with Gasteiger partial charge < -0.3 is 9.15 Å². The number of aryl methyl sites for hydroxylation is 1. The van der Waals surface area contributed by atoms with E-state index in [1.165, 1.54) is 0 Å². The fourth-order valence-electron chi connectivity index (χ4n) is 1.67. The molecule has 0 unspecified atom stereocenters. The number of rotatable bonds is 4. The summed E-state index contributed by atoms with van der Waals surface area (Å²) in [5.41, 5.74) is 1.44. The van der Waals surface area contributed by atoms with Crippen LogP contribution in [0.4, 0.5) is 0 Å². The zero-order valence-electron chi connectivity index (χ0n) is 9.90. The van der Waals surface area contributed by atoms with Gasteiger partial charge in [0.1, 0.15) is 23.6 Å². The normalized spacial score (nSPS) is 10.2. The van der Waals surface area contributed by atoms with Gasteiger partial charge in [-0.25, -0.2) is 0 Å². The molecule has 0 aliphatic heterocycles.